The third kappa shape index (κ3) is 15.7. The normalized spacial score (nSPS) is 9.12. The number of ether oxygens (including phenoxy) is 3. The molecule has 0 aliphatic carbocycles. The van der Waals surface area contributed by atoms with Crippen molar-refractivity contribution in [3.8, 4) is 11.5 Å². The Labute approximate surface area is 231 Å². The number of methoxy groups -OCH3 is 2. The summed E-state index contributed by atoms with van der Waals surface area (Å²) in [7, 11) is 3.14. The molecule has 0 aliphatic rings. The molecule has 0 aromatic heterocycles. The molecule has 2 aromatic rings. The molecule has 0 aliphatic heterocycles. The molecule has 10 heteroatoms. The quantitative estimate of drug-likeness (QED) is 0.138. The van der Waals surface area contributed by atoms with Crippen LogP contribution in [0.3, 0.4) is 0 Å². The molecule has 0 spiro atoms. The Balaban J connectivity index is 0. The number of benzene rings is 2. The molecule has 0 saturated heterocycles. The van der Waals surface area contributed by atoms with Crippen LogP contribution in [0, 0.1) is 13.8 Å². The van der Waals surface area contributed by atoms with Crippen molar-refractivity contribution in [3.05, 3.63) is 58.7 Å². The standard InChI is InChI=1S/C10H11BrO2.C10H12O2.C4H8O2.2BrH.Cu/c1-7-3-4-8(9(12)6-11)10(5-7)13-2;1-7-4-5-9(8(2)11)10(6-7)12-3;1-3-6-4(2)5;;;/h3-5H,6H2,1-2H3;4-6H,1-3H3;3H2,1-2H3;2*1H;/q;;;;;+2/p-2. The van der Waals surface area contributed by atoms with Crippen LogP contribution in [0.4, 0.5) is 0 Å². The first kappa shape index (κ1) is 35.0. The van der Waals surface area contributed by atoms with Gasteiger partial charge in [0.25, 0.3) is 0 Å². The number of ketones is 2. The first-order valence-electron chi connectivity index (χ1n) is 9.86. The molecule has 0 saturated carbocycles. The van der Waals surface area contributed by atoms with Crippen LogP contribution in [-0.2, 0) is 20.9 Å². The summed E-state index contributed by atoms with van der Waals surface area (Å²) < 4.78 is 14.6. The second-order valence-electron chi connectivity index (χ2n) is 6.49. The number of hydrogen-bond acceptors (Lipinski definition) is 6. The molecule has 0 heterocycles. The zero-order valence-corrected chi connectivity index (χ0v) is 26.0. The predicted octanol–water partition coefficient (Wildman–Crippen LogP) is 7.05. The number of aryl methyl sites for hydroxylation is 2. The van der Waals surface area contributed by atoms with E-state index in [9.17, 15) is 14.4 Å². The fraction of sp³-hybridized carbons (Fsp3) is 0.375. The van der Waals surface area contributed by atoms with Gasteiger partial charge in [-0.3, -0.25) is 14.4 Å². The third-order valence-electron chi connectivity index (χ3n) is 3.86. The van der Waals surface area contributed by atoms with E-state index >= 15 is 0 Å². The van der Waals surface area contributed by atoms with E-state index in [2.05, 4.69) is 48.9 Å². The number of carbonyl (C=O) groups excluding carboxylic acids is 3. The van der Waals surface area contributed by atoms with Crippen LogP contribution in [0.25, 0.3) is 0 Å². The topological polar surface area (TPSA) is 78.9 Å². The zero-order chi connectivity index (χ0) is 26.7. The third-order valence-corrected chi connectivity index (χ3v) is 4.37. The minimum absolute atomic E-state index is 0.0341. The van der Waals surface area contributed by atoms with E-state index in [1.54, 1.807) is 33.3 Å². The number of Topliss-reactive ketones (excluding diaryl/α,β-unsaturated/α-hetero) is 2. The van der Waals surface area contributed by atoms with Crippen molar-refractivity contribution in [1.29, 1.82) is 0 Å². The van der Waals surface area contributed by atoms with E-state index in [1.165, 1.54) is 25.2 Å². The molecule has 0 amide bonds. The average molecular weight is 719 g/mol. The van der Waals surface area contributed by atoms with E-state index in [0.29, 0.717) is 34.6 Å². The van der Waals surface area contributed by atoms with E-state index in [0.717, 1.165) is 11.1 Å². The van der Waals surface area contributed by atoms with Crippen LogP contribution in [-0.4, -0.2) is 43.7 Å². The number of alkyl halides is 1. The van der Waals surface area contributed by atoms with Crippen molar-refractivity contribution in [2.24, 2.45) is 0 Å². The molecule has 0 atom stereocenters. The van der Waals surface area contributed by atoms with Gasteiger partial charge in [0.15, 0.2) is 11.6 Å². The van der Waals surface area contributed by atoms with Gasteiger partial charge in [-0.2, -0.15) is 0 Å². The van der Waals surface area contributed by atoms with Gasteiger partial charge in [0.05, 0.1) is 37.3 Å². The second kappa shape index (κ2) is 21.1. The van der Waals surface area contributed by atoms with Crippen molar-refractivity contribution in [2.45, 2.75) is 34.6 Å². The molecular weight excluding hydrogens is 688 g/mol. The van der Waals surface area contributed by atoms with E-state index in [-0.39, 0.29) is 17.5 Å². The average Bonchev–Trinajstić information content (AvgIpc) is 2.79. The van der Waals surface area contributed by atoms with Gasteiger partial charge in [-0.15, -0.1) is 0 Å². The van der Waals surface area contributed by atoms with Gasteiger partial charge >= 0.3 is 45.5 Å². The monoisotopic (exact) mass is 715 g/mol. The first-order chi connectivity index (χ1) is 16.0. The zero-order valence-electron chi connectivity index (χ0n) is 20.3. The summed E-state index contributed by atoms with van der Waals surface area (Å²) in [4.78, 5) is 32.3. The van der Waals surface area contributed by atoms with Gasteiger partial charge in [-0.25, -0.2) is 0 Å². The van der Waals surface area contributed by atoms with E-state index < -0.39 is 0 Å². The maximum atomic E-state index is 11.4. The summed E-state index contributed by atoms with van der Waals surface area (Å²) >= 11 is 10.5. The molecule has 34 heavy (non-hydrogen) atoms. The van der Waals surface area contributed by atoms with Crippen LogP contribution in [0.15, 0.2) is 36.4 Å². The van der Waals surface area contributed by atoms with Crippen LogP contribution < -0.4 is 9.47 Å². The predicted molar refractivity (Wildman–Crippen MR) is 144 cm³/mol. The van der Waals surface area contributed by atoms with Crippen molar-refractivity contribution in [3.63, 3.8) is 0 Å². The number of rotatable bonds is 6. The SMILES string of the molecule is CCOC(C)=O.COc1cc(C)ccc1C(=O)CBr.COc1cc(C)ccc1C(C)=O.[Br][Cu][Br]. The molecule has 0 radical (unpaired) electrons. The molecule has 0 fully saturated rings. The molecule has 6 nitrogen and oxygen atoms in total. The van der Waals surface area contributed by atoms with Crippen molar-refractivity contribution in [1.82, 2.24) is 0 Å². The van der Waals surface area contributed by atoms with Crippen LogP contribution >= 0.6 is 44.2 Å². The number of hydrogen-bond donors (Lipinski definition) is 0. The molecule has 0 unspecified atom stereocenters. The molecule has 0 N–H and O–H groups in total. The van der Waals surface area contributed by atoms with Crippen LogP contribution in [0.2, 0.25) is 0 Å². The Morgan fingerprint density at radius 2 is 1.26 bits per heavy atom. The van der Waals surface area contributed by atoms with Gasteiger partial charge < -0.3 is 14.2 Å². The Hall–Kier alpha value is -1.19. The fourth-order valence-corrected chi connectivity index (χ4v) is 2.70. The Bertz CT molecular complexity index is 906. The van der Waals surface area contributed by atoms with Gasteiger partial charge in [0, 0.05) is 6.92 Å². The summed E-state index contributed by atoms with van der Waals surface area (Å²) in [5.41, 5.74) is 3.45. The Kier molecular flexibility index (Phi) is 21.7. The fourth-order valence-electron chi connectivity index (χ4n) is 2.39. The van der Waals surface area contributed by atoms with Crippen LogP contribution in [0.1, 0.15) is 52.6 Å². The minimum atomic E-state index is -0.211. The van der Waals surface area contributed by atoms with Gasteiger partial charge in [-0.05, 0) is 63.1 Å². The van der Waals surface area contributed by atoms with Gasteiger partial charge in [0.1, 0.15) is 11.5 Å². The first-order valence-corrected chi connectivity index (χ1v) is 15.6. The van der Waals surface area contributed by atoms with Gasteiger partial charge in [0.2, 0.25) is 0 Å². The Morgan fingerprint density at radius 1 is 0.853 bits per heavy atom. The van der Waals surface area contributed by atoms with Crippen molar-refractivity contribution < 1.29 is 39.9 Å². The summed E-state index contributed by atoms with van der Waals surface area (Å²) in [6.45, 7) is 9.12. The second-order valence-corrected chi connectivity index (χ2v) is 11.8. The van der Waals surface area contributed by atoms with E-state index in [4.69, 9.17) is 9.47 Å². The molecule has 0 bridgehead atoms. The molecular formula is C24H31Br3CuO6. The van der Waals surface area contributed by atoms with Crippen molar-refractivity contribution >= 4 is 61.7 Å². The number of halogens is 3. The molecule has 2 aromatic carbocycles. The molecule has 2 rings (SSSR count). The number of esters is 1. The molecule has 195 valence electrons. The van der Waals surface area contributed by atoms with Crippen LogP contribution in [0.5, 0.6) is 11.5 Å². The summed E-state index contributed by atoms with van der Waals surface area (Å²) in [6, 6.07) is 11.1. The van der Waals surface area contributed by atoms with Crippen molar-refractivity contribution in [2.75, 3.05) is 26.2 Å². The maximum absolute atomic E-state index is 11.4. The number of carbonyl (C=O) groups is 3. The summed E-state index contributed by atoms with van der Waals surface area (Å²) in [6.07, 6.45) is 0. The van der Waals surface area contributed by atoms with E-state index in [1.807, 2.05) is 38.1 Å². The summed E-state index contributed by atoms with van der Waals surface area (Å²) in [5.74, 6) is 1.16. The Morgan fingerprint density at radius 3 is 1.56 bits per heavy atom. The van der Waals surface area contributed by atoms with Gasteiger partial charge in [-0.1, -0.05) is 28.1 Å². The summed E-state index contributed by atoms with van der Waals surface area (Å²) in [5, 5.41) is 0.326.